The lowest BCUT2D eigenvalue weighted by Crippen LogP contribution is -2.29. The highest BCUT2D eigenvalue weighted by atomic mass is 79.9. The van der Waals surface area contributed by atoms with E-state index in [1.54, 1.807) is 0 Å². The molecule has 1 aliphatic rings. The van der Waals surface area contributed by atoms with Crippen LogP contribution in [0.25, 0.3) is 0 Å². The number of amides is 1. The van der Waals surface area contributed by atoms with Crippen LogP contribution in [0.1, 0.15) is 48.9 Å². The van der Waals surface area contributed by atoms with Crippen LogP contribution in [-0.2, 0) is 24.1 Å². The van der Waals surface area contributed by atoms with Crippen LogP contribution in [0.15, 0.2) is 4.79 Å². The van der Waals surface area contributed by atoms with Crippen molar-refractivity contribution in [1.82, 2.24) is 15.5 Å². The molecule has 2 rings (SSSR count). The number of nitrogens with zero attached hydrogens (tertiary/aromatic N) is 1. The molecular weight excluding hydrogens is 334 g/mol. The minimum Gasteiger partial charge on any atom is -0.356 e. The summed E-state index contributed by atoms with van der Waals surface area (Å²) >= 11 is 3.39. The van der Waals surface area contributed by atoms with Crippen LogP contribution in [0.4, 0.5) is 0 Å². The number of H-pyrrole nitrogens is 1. The first-order valence-corrected chi connectivity index (χ1v) is 8.76. The molecule has 1 aliphatic carbocycles. The Balaban J connectivity index is 1.91. The van der Waals surface area contributed by atoms with Crippen molar-refractivity contribution in [2.45, 2.75) is 51.4 Å². The van der Waals surface area contributed by atoms with Gasteiger partial charge in [-0.05, 0) is 44.1 Å². The fourth-order valence-corrected chi connectivity index (χ4v) is 3.11. The molecule has 0 saturated carbocycles. The van der Waals surface area contributed by atoms with Crippen LogP contribution < -0.4 is 10.9 Å². The van der Waals surface area contributed by atoms with Crippen LogP contribution in [0, 0.1) is 0 Å². The lowest BCUT2D eigenvalue weighted by atomic mass is 9.91. The molecule has 0 aromatic carbocycles. The maximum absolute atomic E-state index is 12.0. The van der Waals surface area contributed by atoms with Gasteiger partial charge < -0.3 is 5.32 Å². The summed E-state index contributed by atoms with van der Waals surface area (Å²) in [5.74, 6) is -0.0128. The van der Waals surface area contributed by atoms with Crippen LogP contribution >= 0.6 is 15.9 Å². The maximum Gasteiger partial charge on any atom is 0.267 e. The predicted molar refractivity (Wildman–Crippen MR) is 85.9 cm³/mol. The van der Waals surface area contributed by atoms with Gasteiger partial charge in [0.25, 0.3) is 5.56 Å². The SMILES string of the molecule is O=C(Cc1n[nH]c(=O)c2c1CCCC2)NCCCCCBr. The minimum atomic E-state index is -0.0939. The van der Waals surface area contributed by atoms with Gasteiger partial charge in [0.15, 0.2) is 0 Å². The highest BCUT2D eigenvalue weighted by molar-refractivity contribution is 9.09. The van der Waals surface area contributed by atoms with Crippen LogP contribution in [0.3, 0.4) is 0 Å². The number of aromatic amines is 1. The predicted octanol–water partition coefficient (Wildman–Crippen LogP) is 1.87. The number of hydrogen-bond acceptors (Lipinski definition) is 3. The Bertz CT molecular complexity index is 542. The molecule has 1 aromatic rings. The van der Waals surface area contributed by atoms with E-state index >= 15 is 0 Å². The zero-order valence-corrected chi connectivity index (χ0v) is 13.8. The van der Waals surface area contributed by atoms with Crippen molar-refractivity contribution in [3.8, 4) is 0 Å². The number of rotatable bonds is 7. The first-order valence-electron chi connectivity index (χ1n) is 7.64. The Hall–Kier alpha value is -1.17. The Morgan fingerprint density at radius 1 is 1.19 bits per heavy atom. The second-order valence-corrected chi connectivity index (χ2v) is 6.23. The molecule has 1 heterocycles. The lowest BCUT2D eigenvalue weighted by Gasteiger charge is -2.17. The summed E-state index contributed by atoms with van der Waals surface area (Å²) in [6.07, 6.45) is 7.27. The third-order valence-corrected chi connectivity index (χ3v) is 4.40. The van der Waals surface area contributed by atoms with E-state index in [0.717, 1.165) is 67.1 Å². The average Bonchev–Trinajstić information content (AvgIpc) is 2.50. The number of carbonyl (C=O) groups excluding carboxylic acids is 1. The van der Waals surface area contributed by atoms with Gasteiger partial charge in [0.05, 0.1) is 12.1 Å². The smallest absolute Gasteiger partial charge is 0.267 e. The lowest BCUT2D eigenvalue weighted by molar-refractivity contribution is -0.120. The Morgan fingerprint density at radius 2 is 1.95 bits per heavy atom. The molecule has 0 atom stereocenters. The van der Waals surface area contributed by atoms with Gasteiger partial charge in [-0.1, -0.05) is 22.4 Å². The standard InChI is InChI=1S/C15H22BrN3O2/c16-8-4-1-5-9-17-14(20)10-13-11-6-2-3-7-12(11)15(21)19-18-13/h1-10H2,(H,17,20)(H,19,21). The average molecular weight is 356 g/mol. The van der Waals surface area contributed by atoms with Crippen molar-refractivity contribution in [1.29, 1.82) is 0 Å². The minimum absolute atomic E-state index is 0.0128. The first-order chi connectivity index (χ1) is 10.2. The molecule has 5 nitrogen and oxygen atoms in total. The topological polar surface area (TPSA) is 74.8 Å². The van der Waals surface area contributed by atoms with Crippen LogP contribution in [0.2, 0.25) is 0 Å². The molecule has 6 heteroatoms. The molecular formula is C15H22BrN3O2. The number of hydrogen-bond donors (Lipinski definition) is 2. The zero-order valence-electron chi connectivity index (χ0n) is 12.2. The van der Waals surface area contributed by atoms with E-state index in [1.165, 1.54) is 0 Å². The molecule has 0 fully saturated rings. The van der Waals surface area contributed by atoms with Gasteiger partial charge in [-0.3, -0.25) is 9.59 Å². The third-order valence-electron chi connectivity index (χ3n) is 3.84. The molecule has 0 radical (unpaired) electrons. The van der Waals surface area contributed by atoms with Gasteiger partial charge in [-0.15, -0.1) is 0 Å². The highest BCUT2D eigenvalue weighted by Gasteiger charge is 2.19. The first kappa shape index (κ1) is 16.2. The number of carbonyl (C=O) groups is 1. The molecule has 21 heavy (non-hydrogen) atoms. The number of alkyl halides is 1. The van der Waals surface area contributed by atoms with Gasteiger partial charge in [0, 0.05) is 17.4 Å². The largest absolute Gasteiger partial charge is 0.356 e. The molecule has 116 valence electrons. The Morgan fingerprint density at radius 3 is 2.71 bits per heavy atom. The summed E-state index contributed by atoms with van der Waals surface area (Å²) in [6, 6.07) is 0. The zero-order chi connectivity index (χ0) is 15.1. The van der Waals surface area contributed by atoms with Crippen LogP contribution in [-0.4, -0.2) is 28.0 Å². The number of halogens is 1. The van der Waals surface area contributed by atoms with Crippen molar-refractivity contribution < 1.29 is 4.79 Å². The molecule has 2 N–H and O–H groups in total. The Kier molecular flexibility index (Phi) is 6.42. The molecule has 0 bridgehead atoms. The van der Waals surface area contributed by atoms with E-state index < -0.39 is 0 Å². The van der Waals surface area contributed by atoms with Crippen molar-refractivity contribution in [3.63, 3.8) is 0 Å². The van der Waals surface area contributed by atoms with Gasteiger partial charge >= 0.3 is 0 Å². The number of fused-ring (bicyclic) bond motifs is 1. The Labute approximate surface area is 133 Å². The van der Waals surface area contributed by atoms with Gasteiger partial charge in [0.2, 0.25) is 5.91 Å². The fourth-order valence-electron chi connectivity index (χ4n) is 2.71. The molecule has 0 spiro atoms. The number of aromatic nitrogens is 2. The quantitative estimate of drug-likeness (QED) is 0.579. The van der Waals surface area contributed by atoms with Crippen molar-refractivity contribution in [2.75, 3.05) is 11.9 Å². The monoisotopic (exact) mass is 355 g/mol. The van der Waals surface area contributed by atoms with E-state index in [-0.39, 0.29) is 17.9 Å². The van der Waals surface area contributed by atoms with E-state index in [0.29, 0.717) is 6.54 Å². The summed E-state index contributed by atoms with van der Waals surface area (Å²) in [5, 5.41) is 10.5. The second kappa shape index (κ2) is 8.32. The van der Waals surface area contributed by atoms with E-state index in [9.17, 15) is 9.59 Å². The van der Waals surface area contributed by atoms with Crippen molar-refractivity contribution in [2.24, 2.45) is 0 Å². The molecule has 0 unspecified atom stereocenters. The normalized spacial score (nSPS) is 13.8. The summed E-state index contributed by atoms with van der Waals surface area (Å²) in [7, 11) is 0. The molecule has 0 aliphatic heterocycles. The molecule has 0 saturated heterocycles. The maximum atomic E-state index is 12.0. The van der Waals surface area contributed by atoms with Crippen LogP contribution in [0.5, 0.6) is 0 Å². The molecule has 1 amide bonds. The highest BCUT2D eigenvalue weighted by Crippen LogP contribution is 2.20. The summed E-state index contributed by atoms with van der Waals surface area (Å²) < 4.78 is 0. The summed E-state index contributed by atoms with van der Waals surface area (Å²) in [4.78, 5) is 23.7. The number of nitrogens with one attached hydrogen (secondary N) is 2. The number of unbranched alkanes of at least 4 members (excludes halogenated alkanes) is 2. The van der Waals surface area contributed by atoms with Crippen molar-refractivity contribution >= 4 is 21.8 Å². The summed E-state index contributed by atoms with van der Waals surface area (Å²) in [5.41, 5.74) is 2.47. The third kappa shape index (κ3) is 4.66. The summed E-state index contributed by atoms with van der Waals surface area (Å²) in [6.45, 7) is 0.706. The fraction of sp³-hybridized carbons (Fsp3) is 0.667. The van der Waals surface area contributed by atoms with E-state index in [4.69, 9.17) is 0 Å². The van der Waals surface area contributed by atoms with Gasteiger partial charge in [-0.2, -0.15) is 5.10 Å². The van der Waals surface area contributed by atoms with Crippen molar-refractivity contribution in [3.05, 3.63) is 27.2 Å². The van der Waals surface area contributed by atoms with Gasteiger partial charge in [-0.25, -0.2) is 5.10 Å². The second-order valence-electron chi connectivity index (χ2n) is 5.44. The molecule has 1 aromatic heterocycles. The van der Waals surface area contributed by atoms with Gasteiger partial charge in [0.1, 0.15) is 0 Å². The van der Waals surface area contributed by atoms with E-state index in [1.807, 2.05) is 0 Å². The van der Waals surface area contributed by atoms with E-state index in [2.05, 4.69) is 31.4 Å².